The first-order chi connectivity index (χ1) is 7.74. The number of nitrogens with zero attached hydrogens (tertiary/aromatic N) is 2. The summed E-state index contributed by atoms with van der Waals surface area (Å²) in [7, 11) is 0. The van der Waals surface area contributed by atoms with Crippen LogP contribution in [0, 0.1) is 5.92 Å². The first kappa shape index (κ1) is 10.1. The second-order valence-corrected chi connectivity index (χ2v) is 5.52. The fraction of sp³-hybridized carbons (Fsp3) is 0.417. The molecule has 3 rings (SSSR count). The van der Waals surface area contributed by atoms with Gasteiger partial charge < -0.3 is 10.6 Å². The highest BCUT2D eigenvalue weighted by Crippen LogP contribution is 2.31. The molecule has 2 heterocycles. The van der Waals surface area contributed by atoms with Gasteiger partial charge in [0.05, 0.1) is 10.2 Å². The molecular formula is C12H15N3S. The summed E-state index contributed by atoms with van der Waals surface area (Å²) in [5, 5.41) is 1.11. The van der Waals surface area contributed by atoms with Crippen molar-refractivity contribution in [2.45, 2.75) is 13.0 Å². The average Bonchev–Trinajstić information content (AvgIpc) is 2.83. The largest absolute Gasteiger partial charge is 0.346 e. The molecule has 0 amide bonds. The summed E-state index contributed by atoms with van der Waals surface area (Å²) < 4.78 is 1.26. The summed E-state index contributed by atoms with van der Waals surface area (Å²) in [5.74, 6) is 0.562. The van der Waals surface area contributed by atoms with Crippen LogP contribution < -0.4 is 10.6 Å². The van der Waals surface area contributed by atoms with Gasteiger partial charge in [-0.25, -0.2) is 4.98 Å². The number of thiazole rings is 1. The van der Waals surface area contributed by atoms with E-state index >= 15 is 0 Å². The molecule has 4 heteroatoms. The molecule has 2 N–H and O–H groups in total. The summed E-state index contributed by atoms with van der Waals surface area (Å²) in [6.07, 6.45) is 0. The number of benzene rings is 1. The van der Waals surface area contributed by atoms with Gasteiger partial charge in [-0.3, -0.25) is 0 Å². The molecule has 84 valence electrons. The molecule has 0 saturated carbocycles. The van der Waals surface area contributed by atoms with E-state index in [2.05, 4.69) is 35.0 Å². The molecule has 1 saturated heterocycles. The van der Waals surface area contributed by atoms with Crippen molar-refractivity contribution in [3.05, 3.63) is 24.3 Å². The van der Waals surface area contributed by atoms with Crippen molar-refractivity contribution in [2.75, 3.05) is 18.0 Å². The molecule has 1 fully saturated rings. The number of rotatable bonds is 1. The molecule has 2 aromatic rings. The van der Waals surface area contributed by atoms with Crippen LogP contribution in [0.4, 0.5) is 5.13 Å². The predicted octanol–water partition coefficient (Wildman–Crippen LogP) is 2.08. The predicted molar refractivity (Wildman–Crippen MR) is 69.0 cm³/mol. The Bertz CT molecular complexity index is 465. The topological polar surface area (TPSA) is 42.2 Å². The highest BCUT2D eigenvalue weighted by molar-refractivity contribution is 7.22. The number of anilines is 1. The van der Waals surface area contributed by atoms with Crippen molar-refractivity contribution in [3.8, 4) is 0 Å². The zero-order valence-corrected chi connectivity index (χ0v) is 10.1. The van der Waals surface area contributed by atoms with Gasteiger partial charge in [0, 0.05) is 19.1 Å². The maximum atomic E-state index is 6.04. The van der Waals surface area contributed by atoms with E-state index in [0.29, 0.717) is 5.92 Å². The molecule has 2 atom stereocenters. The van der Waals surface area contributed by atoms with Crippen LogP contribution in [0.5, 0.6) is 0 Å². The minimum absolute atomic E-state index is 0.284. The third-order valence-electron chi connectivity index (χ3n) is 3.22. The van der Waals surface area contributed by atoms with Crippen LogP contribution in [0.3, 0.4) is 0 Å². The fourth-order valence-electron chi connectivity index (χ4n) is 2.14. The van der Waals surface area contributed by atoms with Crippen molar-refractivity contribution in [2.24, 2.45) is 11.7 Å². The Balaban J connectivity index is 1.95. The summed E-state index contributed by atoms with van der Waals surface area (Å²) in [4.78, 5) is 6.96. The van der Waals surface area contributed by atoms with Crippen LogP contribution in [0.2, 0.25) is 0 Å². The quantitative estimate of drug-likeness (QED) is 0.820. The van der Waals surface area contributed by atoms with E-state index in [1.54, 1.807) is 11.3 Å². The third-order valence-corrected chi connectivity index (χ3v) is 4.32. The highest BCUT2D eigenvalue weighted by Gasteiger charge is 2.28. The second kappa shape index (κ2) is 3.71. The number of nitrogens with two attached hydrogens (primary N) is 1. The maximum absolute atomic E-state index is 6.04. The van der Waals surface area contributed by atoms with Crippen LogP contribution in [-0.2, 0) is 0 Å². The summed E-state index contributed by atoms with van der Waals surface area (Å²) >= 11 is 1.76. The number of fused-ring (bicyclic) bond motifs is 1. The van der Waals surface area contributed by atoms with Crippen LogP contribution in [0.25, 0.3) is 10.2 Å². The molecule has 0 bridgehead atoms. The standard InChI is InChI=1S/C12H15N3S/c1-8-6-15(7-9(8)13)12-14-10-4-2-3-5-11(10)16-12/h2-5,8-9H,6-7,13H2,1H3. The van der Waals surface area contributed by atoms with Crippen LogP contribution in [0.1, 0.15) is 6.92 Å². The van der Waals surface area contributed by atoms with Gasteiger partial charge >= 0.3 is 0 Å². The van der Waals surface area contributed by atoms with Gasteiger partial charge in [0.1, 0.15) is 0 Å². The van der Waals surface area contributed by atoms with E-state index in [-0.39, 0.29) is 6.04 Å². The Morgan fingerprint density at radius 1 is 1.38 bits per heavy atom. The van der Waals surface area contributed by atoms with Crippen molar-refractivity contribution in [1.82, 2.24) is 4.98 Å². The lowest BCUT2D eigenvalue weighted by Gasteiger charge is -2.12. The molecule has 1 aliphatic heterocycles. The Labute approximate surface area is 98.9 Å². The van der Waals surface area contributed by atoms with E-state index in [9.17, 15) is 0 Å². The van der Waals surface area contributed by atoms with Gasteiger partial charge in [0.25, 0.3) is 0 Å². The lowest BCUT2D eigenvalue weighted by Crippen LogP contribution is -2.28. The first-order valence-electron chi connectivity index (χ1n) is 5.60. The molecule has 1 aliphatic rings. The zero-order valence-electron chi connectivity index (χ0n) is 9.26. The van der Waals surface area contributed by atoms with Gasteiger partial charge in [-0.15, -0.1) is 0 Å². The third kappa shape index (κ3) is 1.58. The summed E-state index contributed by atoms with van der Waals surface area (Å²) in [5.41, 5.74) is 7.13. The van der Waals surface area contributed by atoms with E-state index in [1.165, 1.54) is 4.70 Å². The molecule has 1 aromatic carbocycles. The van der Waals surface area contributed by atoms with Crippen molar-refractivity contribution < 1.29 is 0 Å². The monoisotopic (exact) mass is 233 g/mol. The number of aromatic nitrogens is 1. The van der Waals surface area contributed by atoms with Crippen LogP contribution in [0.15, 0.2) is 24.3 Å². The zero-order chi connectivity index (χ0) is 11.1. The lowest BCUT2D eigenvalue weighted by molar-refractivity contribution is 0.566. The summed E-state index contributed by atoms with van der Waals surface area (Å²) in [6, 6.07) is 8.56. The van der Waals surface area contributed by atoms with E-state index in [0.717, 1.165) is 23.7 Å². The first-order valence-corrected chi connectivity index (χ1v) is 6.42. The molecule has 0 aliphatic carbocycles. The van der Waals surface area contributed by atoms with Gasteiger partial charge in [-0.1, -0.05) is 30.4 Å². The molecule has 3 nitrogen and oxygen atoms in total. The Morgan fingerprint density at radius 2 is 2.19 bits per heavy atom. The highest BCUT2D eigenvalue weighted by atomic mass is 32.1. The fourth-order valence-corrected chi connectivity index (χ4v) is 3.13. The molecule has 16 heavy (non-hydrogen) atoms. The smallest absolute Gasteiger partial charge is 0.186 e. The second-order valence-electron chi connectivity index (χ2n) is 4.51. The van der Waals surface area contributed by atoms with E-state index in [4.69, 9.17) is 5.73 Å². The van der Waals surface area contributed by atoms with Gasteiger partial charge in [-0.05, 0) is 18.1 Å². The van der Waals surface area contributed by atoms with E-state index in [1.807, 2.05) is 6.07 Å². The minimum Gasteiger partial charge on any atom is -0.346 e. The normalized spacial score (nSPS) is 25.5. The molecule has 0 spiro atoms. The van der Waals surface area contributed by atoms with Gasteiger partial charge in [-0.2, -0.15) is 0 Å². The average molecular weight is 233 g/mol. The Hall–Kier alpha value is -1.13. The van der Waals surface area contributed by atoms with Crippen molar-refractivity contribution in [1.29, 1.82) is 0 Å². The van der Waals surface area contributed by atoms with Crippen LogP contribution in [-0.4, -0.2) is 24.1 Å². The maximum Gasteiger partial charge on any atom is 0.186 e. The van der Waals surface area contributed by atoms with Gasteiger partial charge in [0.15, 0.2) is 5.13 Å². The van der Waals surface area contributed by atoms with Crippen molar-refractivity contribution >= 4 is 26.7 Å². The van der Waals surface area contributed by atoms with Gasteiger partial charge in [0.2, 0.25) is 0 Å². The molecule has 2 unspecified atom stereocenters. The minimum atomic E-state index is 0.284. The molecule has 1 aromatic heterocycles. The van der Waals surface area contributed by atoms with Crippen molar-refractivity contribution in [3.63, 3.8) is 0 Å². The Kier molecular flexibility index (Phi) is 2.33. The number of hydrogen-bond donors (Lipinski definition) is 1. The number of hydrogen-bond acceptors (Lipinski definition) is 4. The van der Waals surface area contributed by atoms with Crippen LogP contribution >= 0.6 is 11.3 Å². The lowest BCUT2D eigenvalue weighted by atomic mass is 10.1. The Morgan fingerprint density at radius 3 is 2.88 bits per heavy atom. The van der Waals surface area contributed by atoms with E-state index < -0.39 is 0 Å². The molecular weight excluding hydrogens is 218 g/mol. The number of para-hydroxylation sites is 1. The SMILES string of the molecule is CC1CN(c2nc3ccccc3s2)CC1N. The molecule has 0 radical (unpaired) electrons. The summed E-state index contributed by atoms with van der Waals surface area (Å²) in [6.45, 7) is 4.17.